The van der Waals surface area contributed by atoms with Gasteiger partial charge in [-0.25, -0.2) is 0 Å². The maximum Gasteiger partial charge on any atom is 0.261 e. The fraction of sp³-hybridized carbons (Fsp3) is 0.483. The Labute approximate surface area is 215 Å². The van der Waals surface area contributed by atoms with E-state index >= 15 is 0 Å². The Balaban J connectivity index is 1.34. The fourth-order valence-corrected chi connectivity index (χ4v) is 11.6. The van der Waals surface area contributed by atoms with Gasteiger partial charge < -0.3 is 4.43 Å². The maximum absolute atomic E-state index is 13.3. The van der Waals surface area contributed by atoms with E-state index in [1.54, 1.807) is 11.8 Å². The van der Waals surface area contributed by atoms with Crippen LogP contribution in [0.2, 0.25) is 5.04 Å². The number of nitrogens with zero attached hydrogens (tertiary/aromatic N) is 2. The molecular weight excluding hydrogens is 468 g/mol. The molecule has 4 nitrogen and oxygen atoms in total. The third kappa shape index (κ3) is 4.78. The zero-order valence-corrected chi connectivity index (χ0v) is 23.0. The number of carbonyl (C=O) groups excluding carboxylic acids is 1. The minimum absolute atomic E-state index is 0.0250. The SMILES string of the molecule is CC(C)(C)[Si](OC1CN(C2SC=CN2C(=O)C2CCCCC2)C1)(c1ccccc1)c1ccccc1. The van der Waals surface area contributed by atoms with Gasteiger partial charge in [-0.15, -0.1) is 0 Å². The van der Waals surface area contributed by atoms with E-state index in [1.165, 1.54) is 29.6 Å². The quantitative estimate of drug-likeness (QED) is 0.507. The molecule has 6 heteroatoms. The van der Waals surface area contributed by atoms with Crippen molar-refractivity contribution in [3.05, 3.63) is 72.3 Å². The zero-order valence-electron chi connectivity index (χ0n) is 21.2. The fourth-order valence-electron chi connectivity index (χ4n) is 5.98. The van der Waals surface area contributed by atoms with Crippen LogP contribution in [-0.4, -0.2) is 48.7 Å². The summed E-state index contributed by atoms with van der Waals surface area (Å²) in [5.74, 6) is 0.507. The Morgan fingerprint density at radius 3 is 2.03 bits per heavy atom. The molecule has 0 aromatic heterocycles. The van der Waals surface area contributed by atoms with Crippen molar-refractivity contribution in [3.63, 3.8) is 0 Å². The molecule has 2 aromatic rings. The van der Waals surface area contributed by atoms with Gasteiger partial charge in [0, 0.05) is 25.2 Å². The summed E-state index contributed by atoms with van der Waals surface area (Å²) >= 11 is 1.75. The lowest BCUT2D eigenvalue weighted by atomic mass is 9.88. The van der Waals surface area contributed by atoms with Crippen molar-refractivity contribution in [1.82, 2.24) is 9.80 Å². The van der Waals surface area contributed by atoms with Gasteiger partial charge in [0.1, 0.15) is 5.50 Å². The molecule has 0 radical (unpaired) electrons. The minimum Gasteiger partial charge on any atom is -0.402 e. The molecule has 1 saturated carbocycles. The van der Waals surface area contributed by atoms with Crippen LogP contribution >= 0.6 is 11.8 Å². The number of likely N-dealkylation sites (tertiary alicyclic amines) is 1. The summed E-state index contributed by atoms with van der Waals surface area (Å²) in [5, 5.41) is 4.70. The van der Waals surface area contributed by atoms with Crippen LogP contribution < -0.4 is 10.4 Å². The molecule has 186 valence electrons. The second-order valence-corrected chi connectivity index (χ2v) is 16.4. The molecule has 1 atom stereocenters. The van der Waals surface area contributed by atoms with Crippen molar-refractivity contribution in [2.45, 2.75) is 69.5 Å². The number of amides is 1. The third-order valence-electron chi connectivity index (χ3n) is 7.82. The molecule has 1 unspecified atom stereocenters. The molecule has 3 aliphatic rings. The van der Waals surface area contributed by atoms with Crippen molar-refractivity contribution >= 4 is 36.4 Å². The van der Waals surface area contributed by atoms with Crippen LogP contribution in [0.4, 0.5) is 0 Å². The summed E-state index contributed by atoms with van der Waals surface area (Å²) in [6, 6.07) is 21.7. The Bertz CT molecular complexity index is 988. The molecule has 2 aromatic carbocycles. The van der Waals surface area contributed by atoms with Crippen molar-refractivity contribution in [2.75, 3.05) is 13.1 Å². The van der Waals surface area contributed by atoms with Gasteiger partial charge in [0.05, 0.1) is 6.10 Å². The second kappa shape index (κ2) is 10.2. The summed E-state index contributed by atoms with van der Waals surface area (Å²) in [5.41, 5.74) is 0.0726. The van der Waals surface area contributed by atoms with Crippen LogP contribution in [0.25, 0.3) is 0 Å². The highest BCUT2D eigenvalue weighted by Crippen LogP contribution is 2.40. The van der Waals surface area contributed by atoms with Gasteiger partial charge in [-0.2, -0.15) is 0 Å². The molecule has 2 aliphatic heterocycles. The molecule has 2 heterocycles. The van der Waals surface area contributed by atoms with E-state index in [-0.39, 0.29) is 22.6 Å². The van der Waals surface area contributed by atoms with E-state index in [0.29, 0.717) is 5.91 Å². The van der Waals surface area contributed by atoms with Crippen molar-refractivity contribution in [3.8, 4) is 0 Å². The van der Waals surface area contributed by atoms with Gasteiger partial charge in [-0.1, -0.05) is 112 Å². The lowest BCUT2D eigenvalue weighted by molar-refractivity contribution is -0.138. The maximum atomic E-state index is 13.3. The van der Waals surface area contributed by atoms with Crippen LogP contribution in [-0.2, 0) is 9.22 Å². The highest BCUT2D eigenvalue weighted by molar-refractivity contribution is 8.02. The van der Waals surface area contributed by atoms with E-state index in [0.717, 1.165) is 25.9 Å². The Kier molecular flexibility index (Phi) is 7.27. The lowest BCUT2D eigenvalue weighted by Crippen LogP contribution is -2.71. The van der Waals surface area contributed by atoms with E-state index in [9.17, 15) is 4.79 Å². The van der Waals surface area contributed by atoms with E-state index < -0.39 is 8.32 Å². The molecular formula is C29H38N2O2SSi. The Morgan fingerprint density at radius 1 is 0.914 bits per heavy atom. The van der Waals surface area contributed by atoms with Gasteiger partial charge in [0.15, 0.2) is 0 Å². The molecule has 0 N–H and O–H groups in total. The van der Waals surface area contributed by atoms with Crippen LogP contribution in [0.15, 0.2) is 72.3 Å². The van der Waals surface area contributed by atoms with E-state index in [1.807, 2.05) is 11.1 Å². The number of rotatable bonds is 6. The van der Waals surface area contributed by atoms with Crippen molar-refractivity contribution in [2.24, 2.45) is 5.92 Å². The highest BCUT2D eigenvalue weighted by Gasteiger charge is 2.53. The van der Waals surface area contributed by atoms with Crippen LogP contribution in [0.1, 0.15) is 52.9 Å². The summed E-state index contributed by atoms with van der Waals surface area (Å²) in [6.45, 7) is 8.71. The molecule has 35 heavy (non-hydrogen) atoms. The van der Waals surface area contributed by atoms with Gasteiger partial charge in [-0.3, -0.25) is 14.6 Å². The van der Waals surface area contributed by atoms with Gasteiger partial charge in [0.25, 0.3) is 8.32 Å². The Hall–Kier alpha value is -1.86. The summed E-state index contributed by atoms with van der Waals surface area (Å²) < 4.78 is 7.28. The number of carbonyl (C=O) groups is 1. The molecule has 1 aliphatic carbocycles. The number of benzene rings is 2. The largest absolute Gasteiger partial charge is 0.402 e. The zero-order chi connectivity index (χ0) is 24.5. The number of hydrogen-bond acceptors (Lipinski definition) is 4. The summed E-state index contributed by atoms with van der Waals surface area (Å²) in [7, 11) is -2.55. The van der Waals surface area contributed by atoms with Crippen LogP contribution in [0.3, 0.4) is 0 Å². The summed E-state index contributed by atoms with van der Waals surface area (Å²) in [4.78, 5) is 17.7. The van der Waals surface area contributed by atoms with Gasteiger partial charge in [0.2, 0.25) is 5.91 Å². The second-order valence-electron chi connectivity index (χ2n) is 11.2. The predicted octanol–water partition coefficient (Wildman–Crippen LogP) is 5.16. The first-order valence-corrected chi connectivity index (χ1v) is 15.9. The minimum atomic E-state index is -2.55. The topological polar surface area (TPSA) is 32.8 Å². The smallest absolute Gasteiger partial charge is 0.261 e. The Morgan fingerprint density at radius 2 is 1.49 bits per heavy atom. The first-order chi connectivity index (χ1) is 16.9. The van der Waals surface area contributed by atoms with E-state index in [4.69, 9.17) is 4.43 Å². The van der Waals surface area contributed by atoms with Gasteiger partial charge >= 0.3 is 0 Å². The van der Waals surface area contributed by atoms with Gasteiger partial charge in [-0.05, 0) is 33.7 Å². The number of hydrogen-bond donors (Lipinski definition) is 0. The highest BCUT2D eigenvalue weighted by atomic mass is 32.2. The first-order valence-electron chi connectivity index (χ1n) is 13.1. The molecule has 5 rings (SSSR count). The predicted molar refractivity (Wildman–Crippen MR) is 148 cm³/mol. The normalized spacial score (nSPS) is 22.4. The number of thioether (sulfide) groups is 1. The molecule has 0 spiro atoms. The molecule has 2 fully saturated rings. The molecule has 0 bridgehead atoms. The van der Waals surface area contributed by atoms with Crippen LogP contribution in [0.5, 0.6) is 0 Å². The first kappa shape index (κ1) is 24.8. The molecule has 1 amide bonds. The molecule has 1 saturated heterocycles. The average molecular weight is 507 g/mol. The van der Waals surface area contributed by atoms with Crippen molar-refractivity contribution in [1.29, 1.82) is 0 Å². The lowest BCUT2D eigenvalue weighted by Gasteiger charge is -2.51. The van der Waals surface area contributed by atoms with Crippen LogP contribution in [0, 0.1) is 5.92 Å². The summed E-state index contributed by atoms with van der Waals surface area (Å²) in [6.07, 6.45) is 7.89. The van der Waals surface area contributed by atoms with E-state index in [2.05, 4.69) is 91.7 Å². The third-order valence-corrected chi connectivity index (χ3v) is 14.0. The standard InChI is InChI=1S/C29H38N2O2SSi/c1-29(2,3)35(25-15-9-5-10-16-25,26-17-11-6-12-18-26)33-24-21-30(22-24)28-31(19-20-34-28)27(32)23-13-7-4-8-14-23/h5-6,9-12,15-20,23-24,28H,4,7-8,13-14,21-22H2,1-3H3. The van der Waals surface area contributed by atoms with Crippen molar-refractivity contribution < 1.29 is 9.22 Å². The average Bonchev–Trinajstić information content (AvgIpc) is 3.33. The monoisotopic (exact) mass is 506 g/mol.